The van der Waals surface area contributed by atoms with Gasteiger partial charge in [-0.1, -0.05) is 11.3 Å². The summed E-state index contributed by atoms with van der Waals surface area (Å²) in [6.45, 7) is 1.50. The number of nitrogens with one attached hydrogen (secondary N) is 1. The van der Waals surface area contributed by atoms with Crippen molar-refractivity contribution in [1.82, 2.24) is 10.2 Å². The van der Waals surface area contributed by atoms with Crippen molar-refractivity contribution in [2.45, 2.75) is 11.8 Å². The second-order valence-corrected chi connectivity index (χ2v) is 5.78. The molecular formula is C9H8FN3O2S2. The van der Waals surface area contributed by atoms with Gasteiger partial charge in [-0.15, -0.1) is 10.2 Å². The molecule has 8 heteroatoms. The Morgan fingerprint density at radius 1 is 1.41 bits per heavy atom. The number of anilines is 1. The molecule has 0 saturated heterocycles. The van der Waals surface area contributed by atoms with E-state index < -0.39 is 15.8 Å². The molecule has 1 N–H and O–H groups in total. The second-order valence-electron chi connectivity index (χ2n) is 3.26. The Morgan fingerprint density at radius 2 is 2.18 bits per heavy atom. The van der Waals surface area contributed by atoms with Crippen molar-refractivity contribution in [2.75, 3.05) is 4.72 Å². The molecule has 1 aromatic heterocycles. The lowest BCUT2D eigenvalue weighted by Gasteiger charge is -2.05. The molecule has 0 atom stereocenters. The quantitative estimate of drug-likeness (QED) is 0.925. The van der Waals surface area contributed by atoms with Gasteiger partial charge in [0.1, 0.15) is 11.3 Å². The lowest BCUT2D eigenvalue weighted by atomic mass is 10.2. The zero-order valence-electron chi connectivity index (χ0n) is 8.71. The van der Waals surface area contributed by atoms with Crippen LogP contribution in [-0.2, 0) is 10.0 Å². The number of halogens is 1. The van der Waals surface area contributed by atoms with E-state index in [1.165, 1.54) is 24.6 Å². The van der Waals surface area contributed by atoms with Crippen LogP contribution < -0.4 is 4.72 Å². The molecule has 0 aliphatic heterocycles. The van der Waals surface area contributed by atoms with Crippen molar-refractivity contribution >= 4 is 26.5 Å². The minimum atomic E-state index is -3.73. The number of aryl methyl sites for hydroxylation is 1. The van der Waals surface area contributed by atoms with E-state index in [0.29, 0.717) is 0 Å². The second kappa shape index (κ2) is 4.38. The maximum Gasteiger partial charge on any atom is 0.263 e. The molecule has 0 radical (unpaired) electrons. The Morgan fingerprint density at radius 3 is 2.76 bits per heavy atom. The number of rotatable bonds is 3. The Balaban J connectivity index is 2.35. The summed E-state index contributed by atoms with van der Waals surface area (Å²) in [5, 5.41) is 7.26. The van der Waals surface area contributed by atoms with Gasteiger partial charge in [0.25, 0.3) is 10.0 Å². The van der Waals surface area contributed by atoms with Crippen LogP contribution in [0.4, 0.5) is 9.52 Å². The lowest BCUT2D eigenvalue weighted by Crippen LogP contribution is -2.13. The monoisotopic (exact) mass is 273 g/mol. The van der Waals surface area contributed by atoms with Crippen LogP contribution in [0.2, 0.25) is 0 Å². The number of hydrogen-bond acceptors (Lipinski definition) is 5. The first-order chi connectivity index (χ1) is 7.99. The minimum absolute atomic E-state index is 0.00778. The summed E-state index contributed by atoms with van der Waals surface area (Å²) >= 11 is 1.07. The summed E-state index contributed by atoms with van der Waals surface area (Å²) in [5.41, 5.74) is 1.68. The molecular weight excluding hydrogens is 265 g/mol. The van der Waals surface area contributed by atoms with Crippen LogP contribution >= 0.6 is 11.3 Å². The van der Waals surface area contributed by atoms with Crippen LogP contribution in [0.3, 0.4) is 0 Å². The van der Waals surface area contributed by atoms with Gasteiger partial charge in [-0.2, -0.15) is 0 Å². The molecule has 0 aliphatic carbocycles. The average Bonchev–Trinajstić information content (AvgIpc) is 2.73. The Labute approximate surface area is 101 Å². The van der Waals surface area contributed by atoms with E-state index in [1.807, 2.05) is 0 Å². The first-order valence-corrected chi connectivity index (χ1v) is 6.90. The molecule has 0 unspecified atom stereocenters. The molecule has 17 heavy (non-hydrogen) atoms. The predicted octanol–water partition coefficient (Wildman–Crippen LogP) is 1.79. The Kier molecular flexibility index (Phi) is 3.07. The molecule has 1 heterocycles. The molecule has 0 saturated carbocycles. The van der Waals surface area contributed by atoms with E-state index in [0.717, 1.165) is 17.4 Å². The van der Waals surface area contributed by atoms with E-state index in [1.54, 1.807) is 0 Å². The summed E-state index contributed by atoms with van der Waals surface area (Å²) in [7, 11) is -3.73. The smallest absolute Gasteiger partial charge is 0.253 e. The van der Waals surface area contributed by atoms with Crippen molar-refractivity contribution < 1.29 is 12.8 Å². The van der Waals surface area contributed by atoms with Gasteiger partial charge >= 0.3 is 0 Å². The number of hydrogen-bond donors (Lipinski definition) is 1. The van der Waals surface area contributed by atoms with Crippen LogP contribution in [0, 0.1) is 12.7 Å². The van der Waals surface area contributed by atoms with Crippen molar-refractivity contribution in [2.24, 2.45) is 0 Å². The first kappa shape index (κ1) is 11.9. The van der Waals surface area contributed by atoms with E-state index in [4.69, 9.17) is 0 Å². The fourth-order valence-corrected chi connectivity index (χ4v) is 2.95. The van der Waals surface area contributed by atoms with Gasteiger partial charge in [-0.3, -0.25) is 4.72 Å². The topological polar surface area (TPSA) is 72.0 Å². The highest BCUT2D eigenvalue weighted by Crippen LogP contribution is 2.18. The number of sulfonamides is 1. The maximum absolute atomic E-state index is 13.0. The predicted molar refractivity (Wildman–Crippen MR) is 61.9 cm³/mol. The average molecular weight is 273 g/mol. The zero-order valence-corrected chi connectivity index (χ0v) is 10.3. The van der Waals surface area contributed by atoms with Gasteiger partial charge in [0.2, 0.25) is 5.13 Å². The van der Waals surface area contributed by atoms with E-state index in [2.05, 4.69) is 14.9 Å². The summed E-state index contributed by atoms with van der Waals surface area (Å²) in [6.07, 6.45) is 0. The summed E-state index contributed by atoms with van der Waals surface area (Å²) < 4.78 is 39.0. The first-order valence-electron chi connectivity index (χ1n) is 4.54. The minimum Gasteiger partial charge on any atom is -0.253 e. The van der Waals surface area contributed by atoms with E-state index >= 15 is 0 Å². The van der Waals surface area contributed by atoms with Crippen molar-refractivity contribution in [1.29, 1.82) is 0 Å². The standard InChI is InChI=1S/C9H8FN3O2S2/c1-6-4-7(2-3-8(6)10)17(14,15)13-9-12-11-5-16-9/h2-5H,1H3,(H,12,13). The van der Waals surface area contributed by atoms with Crippen LogP contribution in [0.25, 0.3) is 0 Å². The molecule has 2 rings (SSSR count). The normalized spacial score (nSPS) is 11.4. The third-order valence-electron chi connectivity index (χ3n) is 2.02. The van der Waals surface area contributed by atoms with Gasteiger partial charge in [0.05, 0.1) is 4.90 Å². The molecule has 0 bridgehead atoms. The van der Waals surface area contributed by atoms with Crippen LogP contribution in [0.5, 0.6) is 0 Å². The van der Waals surface area contributed by atoms with Crippen LogP contribution in [0.15, 0.2) is 28.6 Å². The molecule has 0 spiro atoms. The summed E-state index contributed by atoms with van der Waals surface area (Å²) in [6, 6.07) is 3.58. The van der Waals surface area contributed by atoms with Gasteiger partial charge in [0, 0.05) is 0 Å². The highest BCUT2D eigenvalue weighted by Gasteiger charge is 2.16. The third-order valence-corrected chi connectivity index (χ3v) is 4.09. The van der Waals surface area contributed by atoms with Crippen molar-refractivity contribution in [3.8, 4) is 0 Å². The summed E-state index contributed by atoms with van der Waals surface area (Å²) in [5.74, 6) is -0.445. The number of benzene rings is 1. The Hall–Kier alpha value is -1.54. The lowest BCUT2D eigenvalue weighted by molar-refractivity contribution is 0.598. The van der Waals surface area contributed by atoms with Gasteiger partial charge < -0.3 is 0 Å². The molecule has 0 fully saturated rings. The maximum atomic E-state index is 13.0. The number of aromatic nitrogens is 2. The van der Waals surface area contributed by atoms with Crippen molar-refractivity contribution in [3.05, 3.63) is 35.1 Å². The summed E-state index contributed by atoms with van der Waals surface area (Å²) in [4.78, 5) is -0.00778. The van der Waals surface area contributed by atoms with E-state index in [9.17, 15) is 12.8 Å². The molecule has 0 amide bonds. The highest BCUT2D eigenvalue weighted by molar-refractivity contribution is 7.93. The van der Waals surface area contributed by atoms with Crippen molar-refractivity contribution in [3.63, 3.8) is 0 Å². The highest BCUT2D eigenvalue weighted by atomic mass is 32.2. The SMILES string of the molecule is Cc1cc(S(=O)(=O)Nc2nncs2)ccc1F. The zero-order chi connectivity index (χ0) is 12.5. The molecule has 5 nitrogen and oxygen atoms in total. The molecule has 90 valence electrons. The molecule has 0 aliphatic rings. The van der Waals surface area contributed by atoms with E-state index in [-0.39, 0.29) is 15.6 Å². The molecule has 2 aromatic rings. The fraction of sp³-hybridized carbons (Fsp3) is 0.111. The molecule has 1 aromatic carbocycles. The van der Waals surface area contributed by atoms with Gasteiger partial charge in [0.15, 0.2) is 0 Å². The van der Waals surface area contributed by atoms with Crippen LogP contribution in [-0.4, -0.2) is 18.6 Å². The number of nitrogens with zero attached hydrogens (tertiary/aromatic N) is 2. The van der Waals surface area contributed by atoms with Crippen LogP contribution in [0.1, 0.15) is 5.56 Å². The van der Waals surface area contributed by atoms with Gasteiger partial charge in [-0.05, 0) is 30.7 Å². The third kappa shape index (κ3) is 2.59. The Bertz CT molecular complexity index is 626. The fourth-order valence-electron chi connectivity index (χ4n) is 1.18. The van der Waals surface area contributed by atoms with Gasteiger partial charge in [-0.25, -0.2) is 12.8 Å². The largest absolute Gasteiger partial charge is 0.263 e.